The van der Waals surface area contributed by atoms with E-state index in [1.807, 2.05) is 6.92 Å². The van der Waals surface area contributed by atoms with Gasteiger partial charge < -0.3 is 15.4 Å². The van der Waals surface area contributed by atoms with Crippen molar-refractivity contribution in [2.75, 3.05) is 19.0 Å². The molecule has 0 radical (unpaired) electrons. The molecule has 0 aliphatic heterocycles. The zero-order valence-corrected chi connectivity index (χ0v) is 18.4. The van der Waals surface area contributed by atoms with Crippen LogP contribution in [0.1, 0.15) is 63.1 Å². The summed E-state index contributed by atoms with van der Waals surface area (Å²) in [6.45, 7) is 2.34. The van der Waals surface area contributed by atoms with Gasteiger partial charge in [0.15, 0.2) is 5.69 Å². The smallest absolute Gasteiger partial charge is 0.383 e. The number of fused-ring (bicyclic) bond motifs is 1. The summed E-state index contributed by atoms with van der Waals surface area (Å²) in [6.07, 6.45) is 4.86. The first kappa shape index (κ1) is 23.5. The highest BCUT2D eigenvalue weighted by atomic mass is 35.5. The average Bonchev–Trinajstić information content (AvgIpc) is 2.83. The quantitative estimate of drug-likeness (QED) is 0.626. The van der Waals surface area contributed by atoms with E-state index in [1.54, 1.807) is 7.11 Å². The predicted molar refractivity (Wildman–Crippen MR) is 112 cm³/mol. The van der Waals surface area contributed by atoms with Crippen LogP contribution < -0.4 is 10.6 Å². The van der Waals surface area contributed by atoms with Gasteiger partial charge in [0.1, 0.15) is 0 Å². The maximum atomic E-state index is 13.7. The van der Waals surface area contributed by atoms with Gasteiger partial charge in [-0.1, -0.05) is 0 Å². The first-order valence-corrected chi connectivity index (χ1v) is 10.7. The Kier molecular flexibility index (Phi) is 7.19. The van der Waals surface area contributed by atoms with E-state index >= 15 is 0 Å². The van der Waals surface area contributed by atoms with Gasteiger partial charge in [-0.15, -0.1) is 12.4 Å². The van der Waals surface area contributed by atoms with Crippen molar-refractivity contribution in [3.05, 3.63) is 17.5 Å². The molecule has 1 aromatic rings. The third kappa shape index (κ3) is 5.19. The number of aromatic nitrogens is 2. The van der Waals surface area contributed by atoms with Crippen LogP contribution in [0.5, 0.6) is 0 Å². The largest absolute Gasteiger partial charge is 0.433 e. The van der Waals surface area contributed by atoms with E-state index in [0.717, 1.165) is 31.6 Å². The lowest BCUT2D eigenvalue weighted by molar-refractivity contribution is -0.141. The second-order valence-electron chi connectivity index (χ2n) is 9.46. The number of anilines is 1. The Morgan fingerprint density at radius 1 is 1.20 bits per heavy atom. The summed E-state index contributed by atoms with van der Waals surface area (Å²) >= 11 is 0. The molecule has 3 unspecified atom stereocenters. The van der Waals surface area contributed by atoms with Gasteiger partial charge in [-0.25, -0.2) is 9.97 Å². The molecule has 9 heteroatoms. The third-order valence-electron chi connectivity index (χ3n) is 6.96. The fourth-order valence-corrected chi connectivity index (χ4v) is 5.98. The van der Waals surface area contributed by atoms with Crippen LogP contribution in [0.2, 0.25) is 0 Å². The highest BCUT2D eigenvalue weighted by Gasteiger charge is 2.48. The van der Waals surface area contributed by atoms with Crippen LogP contribution in [0.15, 0.2) is 6.20 Å². The second-order valence-corrected chi connectivity index (χ2v) is 9.46. The zero-order valence-electron chi connectivity index (χ0n) is 17.6. The molecule has 4 aliphatic rings. The van der Waals surface area contributed by atoms with Gasteiger partial charge in [0.2, 0.25) is 5.95 Å². The number of alkyl halides is 3. The minimum Gasteiger partial charge on any atom is -0.383 e. The van der Waals surface area contributed by atoms with Gasteiger partial charge in [-0.3, -0.25) is 0 Å². The van der Waals surface area contributed by atoms with Crippen LogP contribution >= 0.6 is 12.4 Å². The van der Waals surface area contributed by atoms with Crippen LogP contribution in [-0.2, 0) is 17.5 Å². The van der Waals surface area contributed by atoms with E-state index in [1.165, 1.54) is 25.5 Å². The number of hydrogen-bond donors (Lipinski definition) is 2. The van der Waals surface area contributed by atoms with Crippen molar-refractivity contribution in [3.63, 3.8) is 0 Å². The molecule has 4 aliphatic carbocycles. The first-order valence-electron chi connectivity index (χ1n) is 10.7. The van der Waals surface area contributed by atoms with Crippen molar-refractivity contribution < 1.29 is 17.9 Å². The molecule has 2 N–H and O–H groups in total. The van der Waals surface area contributed by atoms with Gasteiger partial charge in [-0.2, -0.15) is 13.2 Å². The molecule has 1 heterocycles. The third-order valence-corrected chi connectivity index (χ3v) is 6.96. The molecule has 5 nitrogen and oxygen atoms in total. The molecule has 4 fully saturated rings. The Balaban J connectivity index is 0.00000256. The number of nitrogens with zero attached hydrogens (tertiary/aromatic N) is 2. The molecular weight excluding hydrogens is 417 g/mol. The fourth-order valence-electron chi connectivity index (χ4n) is 5.98. The Morgan fingerprint density at radius 2 is 1.87 bits per heavy atom. The monoisotopic (exact) mass is 448 g/mol. The molecule has 0 spiro atoms. The molecule has 30 heavy (non-hydrogen) atoms. The highest BCUT2D eigenvalue weighted by Crippen LogP contribution is 2.53. The fraction of sp³-hybridized carbons (Fsp3) is 0.810. The van der Waals surface area contributed by atoms with Crippen LogP contribution in [0.3, 0.4) is 0 Å². The maximum absolute atomic E-state index is 13.7. The van der Waals surface area contributed by atoms with Crippen molar-refractivity contribution in [2.24, 2.45) is 17.8 Å². The summed E-state index contributed by atoms with van der Waals surface area (Å²) in [5, 5.41) is 6.43. The van der Waals surface area contributed by atoms with E-state index in [-0.39, 0.29) is 42.0 Å². The molecule has 170 valence electrons. The van der Waals surface area contributed by atoms with E-state index in [4.69, 9.17) is 4.74 Å². The molecule has 5 rings (SSSR count). The van der Waals surface area contributed by atoms with Crippen LogP contribution in [0.4, 0.5) is 19.1 Å². The Morgan fingerprint density at radius 3 is 2.50 bits per heavy atom. The number of hydrogen-bond acceptors (Lipinski definition) is 5. The summed E-state index contributed by atoms with van der Waals surface area (Å²) in [5.41, 5.74) is -0.934. The Bertz CT molecular complexity index is 719. The van der Waals surface area contributed by atoms with Crippen LogP contribution in [0.25, 0.3) is 0 Å². The zero-order chi connectivity index (χ0) is 20.6. The number of rotatable bonds is 7. The molecule has 0 aromatic carbocycles. The highest BCUT2D eigenvalue weighted by molar-refractivity contribution is 5.85. The lowest BCUT2D eigenvalue weighted by Crippen LogP contribution is -2.45. The van der Waals surface area contributed by atoms with Crippen molar-refractivity contribution in [1.29, 1.82) is 0 Å². The molecule has 3 atom stereocenters. The molecule has 1 aromatic heterocycles. The Hall–Kier alpha value is -1.12. The number of nitrogens with one attached hydrogen (secondary N) is 2. The van der Waals surface area contributed by atoms with Crippen molar-refractivity contribution in [3.8, 4) is 0 Å². The van der Waals surface area contributed by atoms with Crippen molar-refractivity contribution in [1.82, 2.24) is 15.3 Å². The molecule has 0 amide bonds. The van der Waals surface area contributed by atoms with Crippen LogP contribution in [0, 0.1) is 17.8 Å². The van der Waals surface area contributed by atoms with E-state index in [9.17, 15) is 13.2 Å². The SMILES string of the molecule is COCC(C)NCc1cnc(NC23CCC4CC(CC(C4)C2)C3)nc1C(F)(F)F.Cl. The second kappa shape index (κ2) is 9.17. The minimum absolute atomic E-state index is 0. The van der Waals surface area contributed by atoms with Crippen molar-refractivity contribution >= 4 is 18.4 Å². The van der Waals surface area contributed by atoms with Gasteiger partial charge in [0.05, 0.1) is 6.61 Å². The summed E-state index contributed by atoms with van der Waals surface area (Å²) in [7, 11) is 1.56. The first-order chi connectivity index (χ1) is 13.8. The lowest BCUT2D eigenvalue weighted by atomic mass is 9.65. The summed E-state index contributed by atoms with van der Waals surface area (Å²) in [6, 6.07) is -0.0607. The minimum atomic E-state index is -4.52. The van der Waals surface area contributed by atoms with Gasteiger partial charge in [-0.05, 0) is 69.6 Å². The maximum Gasteiger partial charge on any atom is 0.433 e. The number of methoxy groups -OCH3 is 1. The summed E-state index contributed by atoms with van der Waals surface area (Å²) in [4.78, 5) is 8.24. The van der Waals surface area contributed by atoms with E-state index in [2.05, 4.69) is 20.6 Å². The lowest BCUT2D eigenvalue weighted by Gasteiger charge is -2.45. The van der Waals surface area contributed by atoms with Gasteiger partial charge in [0.25, 0.3) is 0 Å². The average molecular weight is 449 g/mol. The van der Waals surface area contributed by atoms with Gasteiger partial charge >= 0.3 is 6.18 Å². The predicted octanol–water partition coefficient (Wildman–Crippen LogP) is 4.81. The topological polar surface area (TPSA) is 59.1 Å². The number of halogens is 4. The van der Waals surface area contributed by atoms with Crippen LogP contribution in [-0.4, -0.2) is 35.3 Å². The van der Waals surface area contributed by atoms with Gasteiger partial charge in [0, 0.05) is 37.0 Å². The Labute approximate surface area is 182 Å². The summed E-state index contributed by atoms with van der Waals surface area (Å²) < 4.78 is 46.1. The van der Waals surface area contributed by atoms with E-state index in [0.29, 0.717) is 18.4 Å². The molecular formula is C21H32ClF3N4O. The molecule has 4 bridgehead atoms. The normalized spacial score (nSPS) is 31.2. The van der Waals surface area contributed by atoms with Crippen molar-refractivity contribution in [2.45, 2.75) is 76.2 Å². The molecule has 0 saturated heterocycles. The standard InChI is InChI=1S/C21H31F3N4O.ClH/c1-13(12-29-2)25-10-17-11-26-19(27-18(17)21(22,23)24)28-20-4-3-14-5-15(8-20)7-16(6-14)9-20;/h11,13-16,25H,3-10,12H2,1-2H3,(H,26,27,28);1H. The molecule has 4 saturated carbocycles. The van der Waals surface area contributed by atoms with E-state index < -0.39 is 11.9 Å². The summed E-state index contributed by atoms with van der Waals surface area (Å²) in [5.74, 6) is 2.29. The number of ether oxygens (including phenoxy) is 1.